The molecule has 1 aromatic carbocycles. The summed E-state index contributed by atoms with van der Waals surface area (Å²) >= 11 is 0. The van der Waals surface area contributed by atoms with Gasteiger partial charge in [-0.3, -0.25) is 0 Å². The van der Waals surface area contributed by atoms with Crippen molar-refractivity contribution in [1.29, 1.82) is 5.26 Å². The maximum atomic E-state index is 12.9. The van der Waals surface area contributed by atoms with E-state index >= 15 is 0 Å². The SMILES string of the molecule is CCC.CCc1c(F)cc(C#N)cc1F. The molecule has 0 aliphatic rings. The molecule has 0 radical (unpaired) electrons. The summed E-state index contributed by atoms with van der Waals surface area (Å²) in [6, 6.07) is 3.77. The van der Waals surface area contributed by atoms with Crippen molar-refractivity contribution in [3.8, 4) is 6.07 Å². The predicted molar refractivity (Wildman–Crippen MR) is 56.4 cm³/mol. The largest absolute Gasteiger partial charge is 0.207 e. The molecule has 3 heteroatoms. The minimum atomic E-state index is -0.644. The van der Waals surface area contributed by atoms with Crippen LogP contribution >= 0.6 is 0 Å². The minimum Gasteiger partial charge on any atom is -0.207 e. The van der Waals surface area contributed by atoms with Gasteiger partial charge in [-0.1, -0.05) is 27.2 Å². The van der Waals surface area contributed by atoms with E-state index in [4.69, 9.17) is 5.26 Å². The van der Waals surface area contributed by atoms with E-state index in [0.717, 1.165) is 12.1 Å². The van der Waals surface area contributed by atoms with E-state index < -0.39 is 11.6 Å². The fourth-order valence-electron chi connectivity index (χ4n) is 1.01. The Bertz CT molecular complexity index is 330. The van der Waals surface area contributed by atoms with Crippen LogP contribution in [0.4, 0.5) is 8.78 Å². The number of hydrogen-bond acceptors (Lipinski definition) is 1. The molecule has 0 heterocycles. The van der Waals surface area contributed by atoms with Gasteiger partial charge in [0.25, 0.3) is 0 Å². The van der Waals surface area contributed by atoms with Crippen molar-refractivity contribution in [3.63, 3.8) is 0 Å². The second-order valence-corrected chi connectivity index (χ2v) is 3.09. The summed E-state index contributed by atoms with van der Waals surface area (Å²) in [4.78, 5) is 0. The van der Waals surface area contributed by atoms with Crippen molar-refractivity contribution in [2.75, 3.05) is 0 Å². The molecule has 0 N–H and O–H groups in total. The highest BCUT2D eigenvalue weighted by Gasteiger charge is 2.08. The van der Waals surface area contributed by atoms with Gasteiger partial charge in [0.15, 0.2) is 0 Å². The standard InChI is InChI=1S/C9H7F2N.C3H8/c1-2-7-8(10)3-6(5-12)4-9(7)11;1-3-2/h3-4H,2H2,1H3;3H2,1-2H3. The van der Waals surface area contributed by atoms with E-state index in [0.29, 0.717) is 6.42 Å². The molecule has 0 aliphatic heterocycles. The molecule has 1 rings (SSSR count). The Morgan fingerprint density at radius 3 is 1.80 bits per heavy atom. The topological polar surface area (TPSA) is 23.8 Å². The predicted octanol–water partition coefficient (Wildman–Crippen LogP) is 3.82. The zero-order valence-corrected chi connectivity index (χ0v) is 9.27. The lowest BCUT2D eigenvalue weighted by molar-refractivity contribution is 0.558. The molecule has 0 aromatic heterocycles. The number of nitriles is 1. The molecule has 0 spiro atoms. The lowest BCUT2D eigenvalue weighted by Gasteiger charge is -2.00. The first-order valence-corrected chi connectivity index (χ1v) is 4.98. The summed E-state index contributed by atoms with van der Waals surface area (Å²) in [5.74, 6) is -1.29. The Balaban J connectivity index is 0.000000583. The van der Waals surface area contributed by atoms with Gasteiger partial charge < -0.3 is 0 Å². The van der Waals surface area contributed by atoms with Gasteiger partial charge in [-0.25, -0.2) is 8.78 Å². The normalized spacial score (nSPS) is 8.80. The second kappa shape index (κ2) is 6.94. The van der Waals surface area contributed by atoms with Gasteiger partial charge in [0.2, 0.25) is 0 Å². The van der Waals surface area contributed by atoms with Crippen LogP contribution in [0.1, 0.15) is 38.3 Å². The molecule has 0 saturated heterocycles. The van der Waals surface area contributed by atoms with Crippen molar-refractivity contribution >= 4 is 0 Å². The average Bonchev–Trinajstić information content (AvgIpc) is 2.18. The molecule has 0 amide bonds. The van der Waals surface area contributed by atoms with Crippen LogP contribution < -0.4 is 0 Å². The van der Waals surface area contributed by atoms with Crippen molar-refractivity contribution in [3.05, 3.63) is 34.9 Å². The van der Waals surface area contributed by atoms with Crippen LogP contribution in [0.25, 0.3) is 0 Å². The number of rotatable bonds is 1. The van der Waals surface area contributed by atoms with Crippen LogP contribution in [0.3, 0.4) is 0 Å². The molecular formula is C12H15F2N. The molecular weight excluding hydrogens is 196 g/mol. The summed E-state index contributed by atoms with van der Waals surface area (Å²) in [6.07, 6.45) is 1.55. The molecule has 0 fully saturated rings. The minimum absolute atomic E-state index is 0.0159. The lowest BCUT2D eigenvalue weighted by atomic mass is 10.1. The maximum Gasteiger partial charge on any atom is 0.130 e. The van der Waals surface area contributed by atoms with E-state index in [2.05, 4.69) is 13.8 Å². The Labute approximate surface area is 89.4 Å². The first-order chi connectivity index (χ1) is 7.10. The van der Waals surface area contributed by atoms with E-state index in [-0.39, 0.29) is 11.1 Å². The molecule has 0 saturated carbocycles. The van der Waals surface area contributed by atoms with Gasteiger partial charge in [-0.15, -0.1) is 0 Å². The monoisotopic (exact) mass is 211 g/mol. The third-order valence-corrected chi connectivity index (χ3v) is 1.62. The quantitative estimate of drug-likeness (QED) is 0.692. The number of benzene rings is 1. The average molecular weight is 211 g/mol. The van der Waals surface area contributed by atoms with Crippen molar-refractivity contribution < 1.29 is 8.78 Å². The molecule has 0 aliphatic carbocycles. The molecule has 0 bridgehead atoms. The fraction of sp³-hybridized carbons (Fsp3) is 0.417. The van der Waals surface area contributed by atoms with E-state index in [1.165, 1.54) is 6.42 Å². The van der Waals surface area contributed by atoms with Gasteiger partial charge in [-0.05, 0) is 18.6 Å². The summed E-state index contributed by atoms with van der Waals surface area (Å²) < 4.78 is 25.8. The maximum absolute atomic E-state index is 12.9. The number of halogens is 2. The smallest absolute Gasteiger partial charge is 0.130 e. The lowest BCUT2D eigenvalue weighted by Crippen LogP contribution is -1.94. The molecule has 1 aromatic rings. The zero-order valence-electron chi connectivity index (χ0n) is 9.27. The molecule has 15 heavy (non-hydrogen) atoms. The van der Waals surface area contributed by atoms with Crippen molar-refractivity contribution in [2.45, 2.75) is 33.6 Å². The van der Waals surface area contributed by atoms with E-state index in [1.54, 1.807) is 13.0 Å². The summed E-state index contributed by atoms with van der Waals surface area (Å²) in [5.41, 5.74) is 0.0520. The van der Waals surface area contributed by atoms with E-state index in [9.17, 15) is 8.78 Å². The third kappa shape index (κ3) is 4.07. The number of hydrogen-bond donors (Lipinski definition) is 0. The Morgan fingerprint density at radius 1 is 1.13 bits per heavy atom. The summed E-state index contributed by atoms with van der Waals surface area (Å²) in [6.45, 7) is 5.91. The van der Waals surface area contributed by atoms with Crippen LogP contribution in [0.15, 0.2) is 12.1 Å². The number of nitrogens with zero attached hydrogens (tertiary/aromatic N) is 1. The zero-order chi connectivity index (χ0) is 11.8. The first kappa shape index (κ1) is 13.6. The molecule has 0 unspecified atom stereocenters. The van der Waals surface area contributed by atoms with Gasteiger partial charge >= 0.3 is 0 Å². The molecule has 0 atom stereocenters. The fourth-order valence-corrected chi connectivity index (χ4v) is 1.01. The van der Waals surface area contributed by atoms with E-state index in [1.807, 2.05) is 0 Å². The van der Waals surface area contributed by atoms with Crippen LogP contribution in [0.5, 0.6) is 0 Å². The van der Waals surface area contributed by atoms with Crippen LogP contribution in [-0.4, -0.2) is 0 Å². The van der Waals surface area contributed by atoms with Crippen LogP contribution in [0.2, 0.25) is 0 Å². The highest BCUT2D eigenvalue weighted by atomic mass is 19.1. The van der Waals surface area contributed by atoms with Crippen LogP contribution in [-0.2, 0) is 6.42 Å². The van der Waals surface area contributed by atoms with Gasteiger partial charge in [0.1, 0.15) is 11.6 Å². The molecule has 82 valence electrons. The Morgan fingerprint density at radius 2 is 1.53 bits per heavy atom. The second-order valence-electron chi connectivity index (χ2n) is 3.09. The summed E-state index contributed by atoms with van der Waals surface area (Å²) in [7, 11) is 0. The third-order valence-electron chi connectivity index (χ3n) is 1.62. The van der Waals surface area contributed by atoms with Crippen LogP contribution in [0, 0.1) is 23.0 Å². The highest BCUT2D eigenvalue weighted by Crippen LogP contribution is 2.15. The van der Waals surface area contributed by atoms with Gasteiger partial charge in [0.05, 0.1) is 11.6 Å². The Hall–Kier alpha value is -1.43. The van der Waals surface area contributed by atoms with Crippen molar-refractivity contribution in [1.82, 2.24) is 0 Å². The van der Waals surface area contributed by atoms with Gasteiger partial charge in [0, 0.05) is 5.56 Å². The summed E-state index contributed by atoms with van der Waals surface area (Å²) in [5, 5.41) is 8.37. The van der Waals surface area contributed by atoms with Gasteiger partial charge in [-0.2, -0.15) is 5.26 Å². The first-order valence-electron chi connectivity index (χ1n) is 4.98. The highest BCUT2D eigenvalue weighted by molar-refractivity contribution is 5.34. The molecule has 1 nitrogen and oxygen atoms in total. The Kier molecular flexibility index (Phi) is 6.28. The van der Waals surface area contributed by atoms with Crippen molar-refractivity contribution in [2.24, 2.45) is 0 Å².